The number of anilines is 1. The van der Waals surface area contributed by atoms with E-state index in [0.717, 1.165) is 41.8 Å². The molecule has 0 aliphatic carbocycles. The molecule has 5 nitrogen and oxygen atoms in total. The zero-order valence-corrected chi connectivity index (χ0v) is 16.0. The molecular formula is C22H26N4O. The van der Waals surface area contributed by atoms with E-state index in [4.69, 9.17) is 0 Å². The molecule has 4 rings (SSSR count). The number of likely N-dealkylation sites (tertiary alicyclic amines) is 1. The Morgan fingerprint density at radius 3 is 2.74 bits per heavy atom. The number of aliphatic hydroxyl groups is 1. The minimum absolute atomic E-state index is 0.554. The van der Waals surface area contributed by atoms with Crippen molar-refractivity contribution in [2.24, 2.45) is 0 Å². The van der Waals surface area contributed by atoms with E-state index >= 15 is 0 Å². The van der Waals surface area contributed by atoms with E-state index in [1.807, 2.05) is 25.2 Å². The number of rotatable bonds is 5. The van der Waals surface area contributed by atoms with Crippen molar-refractivity contribution in [3.63, 3.8) is 0 Å². The topological polar surface area (TPSA) is 52.5 Å². The van der Waals surface area contributed by atoms with Gasteiger partial charge in [0.25, 0.3) is 0 Å². The van der Waals surface area contributed by atoms with Gasteiger partial charge < -0.3 is 10.0 Å². The molecule has 1 N–H and O–H groups in total. The lowest BCUT2D eigenvalue weighted by molar-refractivity contribution is 0.0561. The second kappa shape index (κ2) is 7.25. The maximum atomic E-state index is 11.2. The molecule has 0 saturated carbocycles. The summed E-state index contributed by atoms with van der Waals surface area (Å²) in [5.74, 6) is 0.882. The molecule has 1 aromatic heterocycles. The van der Waals surface area contributed by atoms with E-state index in [0.29, 0.717) is 13.1 Å². The molecule has 1 unspecified atom stereocenters. The SMILES string of the molecule is Cc1cccc2ncnc(N(C)CC3(O)CCN(Cc4ccccc4)C3)c12. The summed E-state index contributed by atoms with van der Waals surface area (Å²) in [4.78, 5) is 13.3. The van der Waals surface area contributed by atoms with E-state index in [2.05, 4.69) is 57.0 Å². The van der Waals surface area contributed by atoms with Crippen molar-refractivity contribution < 1.29 is 5.11 Å². The van der Waals surface area contributed by atoms with Crippen LogP contribution in [0.4, 0.5) is 5.82 Å². The first kappa shape index (κ1) is 17.9. The molecule has 5 heteroatoms. The van der Waals surface area contributed by atoms with Crippen molar-refractivity contribution in [1.29, 1.82) is 0 Å². The van der Waals surface area contributed by atoms with Crippen LogP contribution in [0.1, 0.15) is 17.5 Å². The average molecular weight is 362 g/mol. The summed E-state index contributed by atoms with van der Waals surface area (Å²) in [6, 6.07) is 16.5. The zero-order valence-electron chi connectivity index (χ0n) is 16.0. The number of fused-ring (bicyclic) bond motifs is 1. The average Bonchev–Trinajstić information content (AvgIpc) is 3.02. The van der Waals surface area contributed by atoms with Crippen LogP contribution < -0.4 is 4.90 Å². The lowest BCUT2D eigenvalue weighted by Gasteiger charge is -2.30. The molecule has 1 aliphatic heterocycles. The summed E-state index contributed by atoms with van der Waals surface area (Å²) in [7, 11) is 2.01. The predicted molar refractivity (Wildman–Crippen MR) is 109 cm³/mol. The van der Waals surface area contributed by atoms with E-state index in [1.165, 1.54) is 5.56 Å². The van der Waals surface area contributed by atoms with Crippen LogP contribution in [-0.2, 0) is 6.54 Å². The first-order chi connectivity index (χ1) is 13.0. The standard InChI is InChI=1S/C22H26N4O/c1-17-7-6-10-19-20(17)21(24-16-23-19)25(2)14-22(27)11-12-26(15-22)13-18-8-4-3-5-9-18/h3-10,16,27H,11-15H2,1-2H3. The van der Waals surface area contributed by atoms with Gasteiger partial charge in [0, 0.05) is 38.6 Å². The highest BCUT2D eigenvalue weighted by atomic mass is 16.3. The van der Waals surface area contributed by atoms with Gasteiger partial charge in [-0.15, -0.1) is 0 Å². The fraction of sp³-hybridized carbons (Fsp3) is 0.364. The Kier molecular flexibility index (Phi) is 4.81. The summed E-state index contributed by atoms with van der Waals surface area (Å²) < 4.78 is 0. The first-order valence-corrected chi connectivity index (χ1v) is 9.44. The molecule has 27 heavy (non-hydrogen) atoms. The molecule has 2 heterocycles. The van der Waals surface area contributed by atoms with Gasteiger partial charge in [-0.3, -0.25) is 4.90 Å². The molecule has 2 aromatic carbocycles. The van der Waals surface area contributed by atoms with Gasteiger partial charge in [-0.1, -0.05) is 42.5 Å². The Labute approximate surface area is 160 Å². The molecule has 1 saturated heterocycles. The van der Waals surface area contributed by atoms with Gasteiger partial charge in [-0.25, -0.2) is 9.97 Å². The Morgan fingerprint density at radius 1 is 1.11 bits per heavy atom. The fourth-order valence-corrected chi connectivity index (χ4v) is 4.11. The molecule has 0 amide bonds. The van der Waals surface area contributed by atoms with Gasteiger partial charge in [0.2, 0.25) is 0 Å². The third kappa shape index (κ3) is 3.80. The highest BCUT2D eigenvalue weighted by Crippen LogP contribution is 2.29. The lowest BCUT2D eigenvalue weighted by Crippen LogP contribution is -2.44. The Morgan fingerprint density at radius 2 is 1.93 bits per heavy atom. The molecule has 3 aromatic rings. The quantitative estimate of drug-likeness (QED) is 0.756. The third-order valence-corrected chi connectivity index (χ3v) is 5.40. The van der Waals surface area contributed by atoms with Crippen LogP contribution in [0.15, 0.2) is 54.9 Å². The zero-order chi connectivity index (χ0) is 18.9. The highest BCUT2D eigenvalue weighted by Gasteiger charge is 2.37. The Balaban J connectivity index is 1.49. The van der Waals surface area contributed by atoms with Crippen LogP contribution in [0.3, 0.4) is 0 Å². The molecule has 0 spiro atoms. The molecule has 140 valence electrons. The predicted octanol–water partition coefficient (Wildman–Crippen LogP) is 3.01. The van der Waals surface area contributed by atoms with Crippen molar-refractivity contribution in [2.75, 3.05) is 31.6 Å². The maximum Gasteiger partial charge on any atom is 0.139 e. The van der Waals surface area contributed by atoms with E-state index < -0.39 is 5.60 Å². The van der Waals surface area contributed by atoms with Crippen LogP contribution in [-0.4, -0.2) is 52.3 Å². The summed E-state index contributed by atoms with van der Waals surface area (Å²) in [5.41, 5.74) is 2.64. The fourth-order valence-electron chi connectivity index (χ4n) is 4.11. The van der Waals surface area contributed by atoms with Gasteiger partial charge in [-0.2, -0.15) is 0 Å². The number of aromatic nitrogens is 2. The number of β-amino-alcohol motifs (C(OH)–C–C–N with tert-alkyl or cyclic N) is 1. The van der Waals surface area contributed by atoms with Crippen LogP contribution in [0.25, 0.3) is 10.9 Å². The Bertz CT molecular complexity index is 925. The monoisotopic (exact) mass is 362 g/mol. The molecule has 0 bridgehead atoms. The first-order valence-electron chi connectivity index (χ1n) is 9.44. The molecule has 1 aliphatic rings. The second-order valence-corrected chi connectivity index (χ2v) is 7.69. The van der Waals surface area contributed by atoms with Crippen LogP contribution in [0, 0.1) is 6.92 Å². The van der Waals surface area contributed by atoms with Crippen LogP contribution in [0.2, 0.25) is 0 Å². The van der Waals surface area contributed by atoms with Crippen molar-refractivity contribution >= 4 is 16.7 Å². The second-order valence-electron chi connectivity index (χ2n) is 7.69. The number of aryl methyl sites for hydroxylation is 1. The van der Waals surface area contributed by atoms with Gasteiger partial charge in [-0.05, 0) is 30.5 Å². The number of nitrogens with zero attached hydrogens (tertiary/aromatic N) is 4. The molecular weight excluding hydrogens is 336 g/mol. The third-order valence-electron chi connectivity index (χ3n) is 5.40. The van der Waals surface area contributed by atoms with Crippen molar-refractivity contribution in [3.8, 4) is 0 Å². The van der Waals surface area contributed by atoms with Crippen molar-refractivity contribution in [1.82, 2.24) is 14.9 Å². The van der Waals surface area contributed by atoms with Gasteiger partial charge in [0.05, 0.1) is 11.1 Å². The number of likely N-dealkylation sites (N-methyl/N-ethyl adjacent to an activating group) is 1. The van der Waals surface area contributed by atoms with Crippen molar-refractivity contribution in [2.45, 2.75) is 25.5 Å². The minimum Gasteiger partial charge on any atom is -0.387 e. The van der Waals surface area contributed by atoms with E-state index in [1.54, 1.807) is 6.33 Å². The van der Waals surface area contributed by atoms with Crippen molar-refractivity contribution in [3.05, 3.63) is 66.0 Å². The van der Waals surface area contributed by atoms with Crippen LogP contribution in [0.5, 0.6) is 0 Å². The number of hydrogen-bond donors (Lipinski definition) is 1. The van der Waals surface area contributed by atoms with E-state index in [9.17, 15) is 5.11 Å². The Hall–Kier alpha value is -2.50. The summed E-state index contributed by atoms with van der Waals surface area (Å²) in [6.45, 7) is 5.09. The summed E-state index contributed by atoms with van der Waals surface area (Å²) in [5, 5.41) is 12.2. The molecule has 1 atom stereocenters. The largest absolute Gasteiger partial charge is 0.387 e. The van der Waals surface area contributed by atoms with Gasteiger partial charge >= 0.3 is 0 Å². The molecule has 0 radical (unpaired) electrons. The van der Waals surface area contributed by atoms with Gasteiger partial charge in [0.15, 0.2) is 0 Å². The minimum atomic E-state index is -0.733. The maximum absolute atomic E-state index is 11.2. The highest BCUT2D eigenvalue weighted by molar-refractivity contribution is 5.92. The van der Waals surface area contributed by atoms with Crippen LogP contribution >= 0.6 is 0 Å². The summed E-state index contributed by atoms with van der Waals surface area (Å²) >= 11 is 0. The van der Waals surface area contributed by atoms with E-state index in [-0.39, 0.29) is 0 Å². The summed E-state index contributed by atoms with van der Waals surface area (Å²) in [6.07, 6.45) is 2.38. The number of hydrogen-bond acceptors (Lipinski definition) is 5. The van der Waals surface area contributed by atoms with Gasteiger partial charge in [0.1, 0.15) is 12.1 Å². The molecule has 1 fully saturated rings. The smallest absolute Gasteiger partial charge is 0.139 e. The lowest BCUT2D eigenvalue weighted by atomic mass is 10.0. The normalized spacial score (nSPS) is 20.3. The number of benzene rings is 2.